The Morgan fingerprint density at radius 3 is 2.33 bits per heavy atom. The van der Waals surface area contributed by atoms with Crippen molar-refractivity contribution in [1.82, 2.24) is 15.3 Å². The van der Waals surface area contributed by atoms with Gasteiger partial charge in [0, 0.05) is 5.39 Å². The minimum atomic E-state index is -0.604. The van der Waals surface area contributed by atoms with E-state index in [4.69, 9.17) is 28.9 Å². The van der Waals surface area contributed by atoms with Crippen molar-refractivity contribution in [2.75, 3.05) is 5.32 Å². The van der Waals surface area contributed by atoms with Gasteiger partial charge in [0.1, 0.15) is 11.9 Å². The van der Waals surface area contributed by atoms with Crippen LogP contribution in [0.4, 0.5) is 5.82 Å². The third kappa shape index (κ3) is 4.80. The first-order valence-electron chi connectivity index (χ1n) is 9.31. The van der Waals surface area contributed by atoms with Crippen molar-refractivity contribution in [1.29, 1.82) is 0 Å². The largest absolute Gasteiger partial charge is 0.368 e. The molecular weight excluding hydrogens is 425 g/mol. The highest BCUT2D eigenvalue weighted by atomic mass is 35.5. The Balaban J connectivity index is 1.89. The van der Waals surface area contributed by atoms with Crippen LogP contribution in [0, 0.1) is 5.92 Å². The van der Waals surface area contributed by atoms with Crippen molar-refractivity contribution < 1.29 is 9.59 Å². The number of primary amides is 1. The first-order chi connectivity index (χ1) is 14.3. The molecule has 0 saturated heterocycles. The van der Waals surface area contributed by atoms with E-state index in [0.717, 1.165) is 5.39 Å². The summed E-state index contributed by atoms with van der Waals surface area (Å²) < 4.78 is 0. The maximum Gasteiger partial charge on any atom is 0.254 e. The molecule has 0 aliphatic carbocycles. The summed E-state index contributed by atoms with van der Waals surface area (Å²) in [6.07, 6.45) is 0. The van der Waals surface area contributed by atoms with E-state index < -0.39 is 17.9 Å². The number of hydrogen-bond acceptors (Lipinski definition) is 5. The van der Waals surface area contributed by atoms with Gasteiger partial charge >= 0.3 is 0 Å². The molecule has 30 heavy (non-hydrogen) atoms. The monoisotopic (exact) mass is 445 g/mol. The average Bonchev–Trinajstić information content (AvgIpc) is 2.69. The van der Waals surface area contributed by atoms with Gasteiger partial charge in [0.05, 0.1) is 27.7 Å². The zero-order valence-corrected chi connectivity index (χ0v) is 18.0. The molecule has 7 nitrogen and oxygen atoms in total. The van der Waals surface area contributed by atoms with Crippen LogP contribution in [0.2, 0.25) is 10.0 Å². The minimum absolute atomic E-state index is 0.0401. The van der Waals surface area contributed by atoms with E-state index in [9.17, 15) is 9.59 Å². The predicted octanol–water partition coefficient (Wildman–Crippen LogP) is 3.79. The first kappa shape index (κ1) is 21.8. The molecule has 0 fully saturated rings. The number of nitrogens with zero attached hydrogens (tertiary/aromatic N) is 2. The third-order valence-corrected chi connectivity index (χ3v) is 5.14. The molecule has 2 aromatic carbocycles. The molecule has 0 saturated carbocycles. The quantitative estimate of drug-likeness (QED) is 0.512. The molecule has 4 N–H and O–H groups in total. The van der Waals surface area contributed by atoms with Crippen molar-refractivity contribution in [2.45, 2.75) is 26.4 Å². The maximum absolute atomic E-state index is 12.6. The van der Waals surface area contributed by atoms with Crippen LogP contribution in [0.1, 0.15) is 30.0 Å². The standard InChI is InChI=1S/C21H21Cl2N5O2/c1-11(2)18(19(24)29)28-20-12-6-3-4-9-15(12)26-16(27-20)10-25-21(30)17-13(22)7-5-8-14(17)23/h3-9,11,18H,10H2,1-2H3,(H2,24,29)(H,25,30)(H,26,27,28)/t18-/m0/s1. The summed E-state index contributed by atoms with van der Waals surface area (Å²) in [4.78, 5) is 33.4. The lowest BCUT2D eigenvalue weighted by Crippen LogP contribution is -2.40. The van der Waals surface area contributed by atoms with Crippen LogP contribution in [0.5, 0.6) is 0 Å². The van der Waals surface area contributed by atoms with Gasteiger partial charge in [0.25, 0.3) is 5.91 Å². The zero-order chi connectivity index (χ0) is 21.8. The van der Waals surface area contributed by atoms with Crippen molar-refractivity contribution in [2.24, 2.45) is 11.7 Å². The van der Waals surface area contributed by atoms with Crippen molar-refractivity contribution in [3.63, 3.8) is 0 Å². The average molecular weight is 446 g/mol. The van der Waals surface area contributed by atoms with E-state index in [1.54, 1.807) is 18.2 Å². The van der Waals surface area contributed by atoms with Crippen molar-refractivity contribution >= 4 is 51.7 Å². The number of amides is 2. The summed E-state index contributed by atoms with van der Waals surface area (Å²) in [5.41, 5.74) is 6.39. The number of hydrogen-bond donors (Lipinski definition) is 3. The number of nitrogens with one attached hydrogen (secondary N) is 2. The molecule has 156 valence electrons. The van der Waals surface area contributed by atoms with Crippen LogP contribution >= 0.6 is 23.2 Å². The Labute approximate surface area is 184 Å². The summed E-state index contributed by atoms with van der Waals surface area (Å²) in [5, 5.41) is 7.10. The number of carbonyl (C=O) groups excluding carboxylic acids is 2. The van der Waals surface area contributed by atoms with Crippen molar-refractivity contribution in [3.05, 3.63) is 63.9 Å². The van der Waals surface area contributed by atoms with Gasteiger partial charge in [0.15, 0.2) is 5.82 Å². The van der Waals surface area contributed by atoms with Gasteiger partial charge in [-0.15, -0.1) is 0 Å². The molecule has 9 heteroatoms. The second kappa shape index (κ2) is 9.28. The molecule has 2 amide bonds. The van der Waals surface area contributed by atoms with E-state index in [0.29, 0.717) is 17.2 Å². The van der Waals surface area contributed by atoms with E-state index >= 15 is 0 Å². The second-order valence-electron chi connectivity index (χ2n) is 7.05. The van der Waals surface area contributed by atoms with Crippen LogP contribution in [0.3, 0.4) is 0 Å². The summed E-state index contributed by atoms with van der Waals surface area (Å²) in [6.45, 7) is 3.82. The Kier molecular flexibility index (Phi) is 6.74. The molecule has 0 aliphatic rings. The van der Waals surface area contributed by atoms with Gasteiger partial charge < -0.3 is 16.4 Å². The summed E-state index contributed by atoms with van der Waals surface area (Å²) in [6, 6.07) is 11.6. The maximum atomic E-state index is 12.6. The van der Waals surface area contributed by atoms with E-state index in [1.165, 1.54) is 0 Å². The fourth-order valence-corrected chi connectivity index (χ4v) is 3.56. The molecule has 0 unspecified atom stereocenters. The van der Waals surface area contributed by atoms with Crippen LogP contribution in [-0.2, 0) is 11.3 Å². The van der Waals surface area contributed by atoms with Gasteiger partial charge in [-0.3, -0.25) is 9.59 Å². The number of benzene rings is 2. The molecular formula is C21H21Cl2N5O2. The number of para-hydroxylation sites is 1. The highest BCUT2D eigenvalue weighted by molar-refractivity contribution is 6.39. The summed E-state index contributed by atoms with van der Waals surface area (Å²) >= 11 is 12.2. The lowest BCUT2D eigenvalue weighted by molar-refractivity contribution is -0.119. The highest BCUT2D eigenvalue weighted by Crippen LogP contribution is 2.25. The Morgan fingerprint density at radius 1 is 1.03 bits per heavy atom. The lowest BCUT2D eigenvalue weighted by Gasteiger charge is -2.21. The third-order valence-electron chi connectivity index (χ3n) is 4.51. The van der Waals surface area contributed by atoms with E-state index in [1.807, 2.05) is 38.1 Å². The number of fused-ring (bicyclic) bond motifs is 1. The molecule has 0 spiro atoms. The van der Waals surface area contributed by atoms with Gasteiger partial charge in [0.2, 0.25) is 5.91 Å². The van der Waals surface area contributed by atoms with Crippen LogP contribution in [-0.4, -0.2) is 27.8 Å². The first-order valence-corrected chi connectivity index (χ1v) is 10.1. The molecule has 0 radical (unpaired) electrons. The molecule has 1 heterocycles. The minimum Gasteiger partial charge on any atom is -0.368 e. The number of carbonyl (C=O) groups is 2. The van der Waals surface area contributed by atoms with Crippen molar-refractivity contribution in [3.8, 4) is 0 Å². The SMILES string of the molecule is CC(C)[C@H](Nc1nc(CNC(=O)c2c(Cl)cccc2Cl)nc2ccccc12)C(N)=O. The smallest absolute Gasteiger partial charge is 0.254 e. The number of aromatic nitrogens is 2. The Hall–Kier alpha value is -2.90. The van der Waals surface area contributed by atoms with Gasteiger partial charge in [-0.25, -0.2) is 9.97 Å². The van der Waals surface area contributed by atoms with E-state index in [2.05, 4.69) is 20.6 Å². The topological polar surface area (TPSA) is 110 Å². The van der Waals surface area contributed by atoms with E-state index in [-0.39, 0.29) is 28.1 Å². The zero-order valence-electron chi connectivity index (χ0n) is 16.4. The Morgan fingerprint density at radius 2 is 1.70 bits per heavy atom. The normalized spacial score (nSPS) is 12.0. The predicted molar refractivity (Wildman–Crippen MR) is 119 cm³/mol. The molecule has 3 aromatic rings. The fraction of sp³-hybridized carbons (Fsp3) is 0.238. The fourth-order valence-electron chi connectivity index (χ4n) is 2.99. The number of halogens is 2. The number of nitrogens with two attached hydrogens (primary N) is 1. The van der Waals surface area contributed by atoms with Gasteiger partial charge in [-0.1, -0.05) is 55.2 Å². The molecule has 0 aliphatic heterocycles. The molecule has 3 rings (SSSR count). The Bertz CT molecular complexity index is 1080. The van der Waals surface area contributed by atoms with Gasteiger partial charge in [-0.2, -0.15) is 0 Å². The lowest BCUT2D eigenvalue weighted by atomic mass is 10.0. The second-order valence-corrected chi connectivity index (χ2v) is 7.87. The number of anilines is 1. The molecule has 1 atom stereocenters. The summed E-state index contributed by atoms with van der Waals surface area (Å²) in [5.74, 6) is -0.121. The van der Waals surface area contributed by atoms with Crippen LogP contribution < -0.4 is 16.4 Å². The number of rotatable bonds is 7. The molecule has 1 aromatic heterocycles. The van der Waals surface area contributed by atoms with Crippen LogP contribution in [0.15, 0.2) is 42.5 Å². The van der Waals surface area contributed by atoms with Crippen LogP contribution in [0.25, 0.3) is 10.9 Å². The highest BCUT2D eigenvalue weighted by Gasteiger charge is 2.21. The van der Waals surface area contributed by atoms with Gasteiger partial charge in [-0.05, 0) is 30.2 Å². The summed E-state index contributed by atoms with van der Waals surface area (Å²) in [7, 11) is 0. The molecule has 0 bridgehead atoms.